The number of amides is 3. The Kier molecular flexibility index (Phi) is 5.47. The van der Waals surface area contributed by atoms with Gasteiger partial charge in [0.25, 0.3) is 0 Å². The average Bonchev–Trinajstić information content (AvgIpc) is 2.62. The molecule has 0 unspecified atom stereocenters. The van der Waals surface area contributed by atoms with Gasteiger partial charge in [0.2, 0.25) is 5.91 Å². The van der Waals surface area contributed by atoms with E-state index < -0.39 is 0 Å². The minimum absolute atomic E-state index is 0.0415. The highest BCUT2D eigenvalue weighted by Crippen LogP contribution is 2.31. The lowest BCUT2D eigenvalue weighted by molar-refractivity contribution is -0.121. The number of carbonyl (C=O) groups is 2. The second kappa shape index (κ2) is 7.79. The molecular formula is C20H22ClN3O2. The Morgan fingerprint density at radius 3 is 2.62 bits per heavy atom. The van der Waals surface area contributed by atoms with Crippen LogP contribution in [0.1, 0.15) is 25.8 Å². The van der Waals surface area contributed by atoms with E-state index in [4.69, 9.17) is 11.6 Å². The van der Waals surface area contributed by atoms with E-state index in [1.807, 2.05) is 36.9 Å². The first-order chi connectivity index (χ1) is 12.5. The van der Waals surface area contributed by atoms with Crippen LogP contribution in [0.3, 0.4) is 0 Å². The highest BCUT2D eigenvalue weighted by Gasteiger charge is 2.24. The highest BCUT2D eigenvalue weighted by atomic mass is 35.5. The van der Waals surface area contributed by atoms with Crippen molar-refractivity contribution in [3.63, 3.8) is 0 Å². The molecule has 1 aliphatic heterocycles. The molecule has 2 N–H and O–H groups in total. The second-order valence-electron chi connectivity index (χ2n) is 6.65. The summed E-state index contributed by atoms with van der Waals surface area (Å²) >= 11 is 6.06. The summed E-state index contributed by atoms with van der Waals surface area (Å²) in [5.41, 5.74) is 3.25. The van der Waals surface area contributed by atoms with Gasteiger partial charge in [0.1, 0.15) is 0 Å². The van der Waals surface area contributed by atoms with Gasteiger partial charge in [0.15, 0.2) is 0 Å². The van der Waals surface area contributed by atoms with Gasteiger partial charge in [0, 0.05) is 23.8 Å². The number of nitrogens with one attached hydrogen (secondary N) is 2. The van der Waals surface area contributed by atoms with Gasteiger partial charge in [-0.2, -0.15) is 0 Å². The van der Waals surface area contributed by atoms with Crippen molar-refractivity contribution >= 4 is 40.6 Å². The maximum atomic E-state index is 12.4. The van der Waals surface area contributed by atoms with Crippen LogP contribution < -0.4 is 15.5 Å². The third kappa shape index (κ3) is 3.99. The monoisotopic (exact) mass is 371 g/mol. The number of hydrogen-bond acceptors (Lipinski definition) is 2. The molecule has 0 radical (unpaired) electrons. The highest BCUT2D eigenvalue weighted by molar-refractivity contribution is 6.33. The SMILES string of the molecule is CC(C)C(=O)N1CCCc2cc(NC(=O)Nc3ccccc3Cl)ccc21. The Labute approximate surface area is 158 Å². The molecule has 2 aromatic carbocycles. The summed E-state index contributed by atoms with van der Waals surface area (Å²) in [5.74, 6) is 0.0864. The van der Waals surface area contributed by atoms with Gasteiger partial charge >= 0.3 is 6.03 Å². The van der Waals surface area contributed by atoms with E-state index in [1.165, 1.54) is 0 Å². The first kappa shape index (κ1) is 18.3. The molecule has 1 heterocycles. The van der Waals surface area contributed by atoms with Crippen LogP contribution >= 0.6 is 11.6 Å². The zero-order valence-corrected chi connectivity index (χ0v) is 15.6. The Bertz CT molecular complexity index is 836. The normalized spacial score (nSPS) is 13.3. The van der Waals surface area contributed by atoms with Gasteiger partial charge in [-0.1, -0.05) is 37.6 Å². The van der Waals surface area contributed by atoms with Gasteiger partial charge in [-0.05, 0) is 48.7 Å². The van der Waals surface area contributed by atoms with Crippen LogP contribution in [0.2, 0.25) is 5.02 Å². The number of rotatable bonds is 3. The number of hydrogen-bond donors (Lipinski definition) is 2. The third-order valence-electron chi connectivity index (χ3n) is 4.34. The van der Waals surface area contributed by atoms with E-state index in [1.54, 1.807) is 24.3 Å². The van der Waals surface area contributed by atoms with E-state index in [9.17, 15) is 9.59 Å². The lowest BCUT2D eigenvalue weighted by Crippen LogP contribution is -2.38. The summed E-state index contributed by atoms with van der Waals surface area (Å²) in [6.07, 6.45) is 1.81. The fourth-order valence-electron chi connectivity index (χ4n) is 3.06. The number of anilines is 3. The predicted octanol–water partition coefficient (Wildman–Crippen LogP) is 4.92. The fourth-order valence-corrected chi connectivity index (χ4v) is 3.25. The Balaban J connectivity index is 1.74. The van der Waals surface area contributed by atoms with Crippen LogP contribution in [-0.2, 0) is 11.2 Å². The van der Waals surface area contributed by atoms with Crippen LogP contribution in [0.4, 0.5) is 21.9 Å². The van der Waals surface area contributed by atoms with E-state index >= 15 is 0 Å². The molecule has 3 rings (SSSR count). The van der Waals surface area contributed by atoms with Crippen molar-refractivity contribution < 1.29 is 9.59 Å². The van der Waals surface area contributed by atoms with Crippen molar-refractivity contribution in [3.8, 4) is 0 Å². The summed E-state index contributed by atoms with van der Waals surface area (Å²) in [5, 5.41) is 6.04. The molecular weight excluding hydrogens is 350 g/mol. The number of carbonyl (C=O) groups excluding carboxylic acids is 2. The molecule has 6 heteroatoms. The van der Waals surface area contributed by atoms with Crippen molar-refractivity contribution in [3.05, 3.63) is 53.1 Å². The molecule has 136 valence electrons. The first-order valence-corrected chi connectivity index (χ1v) is 9.10. The molecule has 1 aliphatic rings. The van der Waals surface area contributed by atoms with Gasteiger partial charge in [-0.25, -0.2) is 4.79 Å². The van der Waals surface area contributed by atoms with Crippen LogP contribution in [-0.4, -0.2) is 18.5 Å². The van der Waals surface area contributed by atoms with Crippen LogP contribution in [0, 0.1) is 5.92 Å². The maximum absolute atomic E-state index is 12.4. The Morgan fingerprint density at radius 1 is 1.12 bits per heavy atom. The van der Waals surface area contributed by atoms with Crippen LogP contribution in [0.25, 0.3) is 0 Å². The number of nitrogens with zero attached hydrogens (tertiary/aromatic N) is 1. The predicted molar refractivity (Wildman–Crippen MR) is 106 cm³/mol. The molecule has 3 amide bonds. The fraction of sp³-hybridized carbons (Fsp3) is 0.300. The average molecular weight is 372 g/mol. The molecule has 26 heavy (non-hydrogen) atoms. The number of para-hydroxylation sites is 1. The van der Waals surface area contributed by atoms with Gasteiger partial charge in [-0.15, -0.1) is 0 Å². The summed E-state index contributed by atoms with van der Waals surface area (Å²) in [4.78, 5) is 26.5. The summed E-state index contributed by atoms with van der Waals surface area (Å²) in [7, 11) is 0. The Hall–Kier alpha value is -2.53. The zero-order chi connectivity index (χ0) is 18.7. The molecule has 5 nitrogen and oxygen atoms in total. The molecule has 0 aromatic heterocycles. The van der Waals surface area contributed by atoms with E-state index in [2.05, 4.69) is 10.6 Å². The maximum Gasteiger partial charge on any atom is 0.323 e. The van der Waals surface area contributed by atoms with Crippen molar-refractivity contribution in [1.82, 2.24) is 0 Å². The van der Waals surface area contributed by atoms with Gasteiger partial charge < -0.3 is 15.5 Å². The van der Waals surface area contributed by atoms with E-state index in [0.717, 1.165) is 30.6 Å². The lowest BCUT2D eigenvalue weighted by Gasteiger charge is -2.31. The molecule has 0 atom stereocenters. The van der Waals surface area contributed by atoms with Gasteiger partial charge in [-0.3, -0.25) is 4.79 Å². The largest absolute Gasteiger partial charge is 0.323 e. The summed E-state index contributed by atoms with van der Waals surface area (Å²) in [6.45, 7) is 4.56. The number of aryl methyl sites for hydroxylation is 1. The van der Waals surface area contributed by atoms with E-state index in [-0.39, 0.29) is 17.9 Å². The van der Waals surface area contributed by atoms with Crippen molar-refractivity contribution in [2.75, 3.05) is 22.1 Å². The molecule has 0 bridgehead atoms. The molecule has 0 aliphatic carbocycles. The van der Waals surface area contributed by atoms with Crippen molar-refractivity contribution in [2.45, 2.75) is 26.7 Å². The smallest absolute Gasteiger partial charge is 0.312 e. The van der Waals surface area contributed by atoms with Gasteiger partial charge in [0.05, 0.1) is 10.7 Å². The van der Waals surface area contributed by atoms with E-state index in [0.29, 0.717) is 16.4 Å². The van der Waals surface area contributed by atoms with Crippen molar-refractivity contribution in [1.29, 1.82) is 0 Å². The second-order valence-corrected chi connectivity index (χ2v) is 7.06. The standard InChI is InChI=1S/C20H22ClN3O2/c1-13(2)19(25)24-11-5-6-14-12-15(9-10-18(14)24)22-20(26)23-17-8-4-3-7-16(17)21/h3-4,7-10,12-13H,5-6,11H2,1-2H3,(H2,22,23,26). The van der Waals surface area contributed by atoms with Crippen LogP contribution in [0.15, 0.2) is 42.5 Å². The van der Waals surface area contributed by atoms with Crippen LogP contribution in [0.5, 0.6) is 0 Å². The summed E-state index contributed by atoms with van der Waals surface area (Å²) < 4.78 is 0. The summed E-state index contributed by atoms with van der Waals surface area (Å²) in [6, 6.07) is 12.4. The minimum Gasteiger partial charge on any atom is -0.312 e. The molecule has 0 saturated heterocycles. The number of halogens is 1. The first-order valence-electron chi connectivity index (χ1n) is 8.72. The number of benzene rings is 2. The molecule has 0 spiro atoms. The molecule has 0 fully saturated rings. The Morgan fingerprint density at radius 2 is 1.88 bits per heavy atom. The third-order valence-corrected chi connectivity index (χ3v) is 4.67. The lowest BCUT2D eigenvalue weighted by atomic mass is 9.99. The molecule has 0 saturated carbocycles. The van der Waals surface area contributed by atoms with Crippen molar-refractivity contribution in [2.24, 2.45) is 5.92 Å². The minimum atomic E-state index is -0.357. The quantitative estimate of drug-likeness (QED) is 0.804. The number of urea groups is 1. The topological polar surface area (TPSA) is 61.4 Å². The molecule has 2 aromatic rings. The zero-order valence-electron chi connectivity index (χ0n) is 14.9. The number of fused-ring (bicyclic) bond motifs is 1.